The zero-order chi connectivity index (χ0) is 14.5. The van der Waals surface area contributed by atoms with E-state index in [2.05, 4.69) is 15.0 Å². The molecule has 1 unspecified atom stereocenters. The van der Waals surface area contributed by atoms with Crippen molar-refractivity contribution >= 4 is 11.2 Å². The maximum absolute atomic E-state index is 9.45. The molecule has 3 rings (SSSR count). The van der Waals surface area contributed by atoms with E-state index in [-0.39, 0.29) is 12.8 Å². The van der Waals surface area contributed by atoms with Crippen LogP contribution < -0.4 is 0 Å². The molecule has 0 saturated carbocycles. The van der Waals surface area contributed by atoms with E-state index in [4.69, 9.17) is 4.74 Å². The maximum Gasteiger partial charge on any atom is 0.165 e. The fourth-order valence-electron chi connectivity index (χ4n) is 2.41. The highest BCUT2D eigenvalue weighted by Crippen LogP contribution is 2.28. The first-order valence-electron chi connectivity index (χ1n) is 7.22. The molecular formula is C14H22N4O2. The van der Waals surface area contributed by atoms with Crippen LogP contribution in [0.25, 0.3) is 11.2 Å². The third-order valence-corrected chi connectivity index (χ3v) is 3.32. The number of hydrogen-bond donors (Lipinski definition) is 1. The monoisotopic (exact) mass is 278 g/mol. The van der Waals surface area contributed by atoms with Gasteiger partial charge in [-0.2, -0.15) is 0 Å². The average Bonchev–Trinajstić information content (AvgIpc) is 2.90. The lowest BCUT2D eigenvalue weighted by atomic mass is 10.2. The van der Waals surface area contributed by atoms with Crippen molar-refractivity contribution in [2.45, 2.75) is 52.9 Å². The standard InChI is InChI=1S/C12H16N4O2.C2H6/c1-8-11-12(14-7-13-8)16(9(6-17)15-11)10-4-2-3-5-18-10;1-2/h7,10,17H,2-6H2,1H3;1-2H3. The number of imidazole rings is 1. The molecule has 0 spiro atoms. The molecule has 2 aromatic rings. The van der Waals surface area contributed by atoms with Crippen LogP contribution in [0.3, 0.4) is 0 Å². The minimum absolute atomic E-state index is 0.0693. The van der Waals surface area contributed by atoms with Gasteiger partial charge in [-0.05, 0) is 26.2 Å². The number of hydrogen-bond acceptors (Lipinski definition) is 5. The second kappa shape index (κ2) is 6.76. The van der Waals surface area contributed by atoms with Crippen molar-refractivity contribution in [1.29, 1.82) is 0 Å². The van der Waals surface area contributed by atoms with E-state index in [1.54, 1.807) is 0 Å². The number of fused-ring (bicyclic) bond motifs is 1. The van der Waals surface area contributed by atoms with Crippen molar-refractivity contribution in [2.75, 3.05) is 6.61 Å². The molecule has 20 heavy (non-hydrogen) atoms. The van der Waals surface area contributed by atoms with E-state index >= 15 is 0 Å². The van der Waals surface area contributed by atoms with Crippen LogP contribution in [0.2, 0.25) is 0 Å². The van der Waals surface area contributed by atoms with E-state index in [0.717, 1.165) is 42.7 Å². The minimum Gasteiger partial charge on any atom is -0.388 e. The Labute approximate surface area is 118 Å². The molecular weight excluding hydrogens is 256 g/mol. The Kier molecular flexibility index (Phi) is 5.03. The molecule has 0 amide bonds. The Hall–Kier alpha value is -1.53. The summed E-state index contributed by atoms with van der Waals surface area (Å²) in [4.78, 5) is 12.8. The predicted molar refractivity (Wildman–Crippen MR) is 76.2 cm³/mol. The molecule has 6 heteroatoms. The summed E-state index contributed by atoms with van der Waals surface area (Å²) >= 11 is 0. The number of ether oxygens (including phenoxy) is 1. The van der Waals surface area contributed by atoms with Crippen molar-refractivity contribution in [1.82, 2.24) is 19.5 Å². The van der Waals surface area contributed by atoms with E-state index in [1.165, 1.54) is 6.33 Å². The summed E-state index contributed by atoms with van der Waals surface area (Å²) in [5.41, 5.74) is 2.32. The Morgan fingerprint density at radius 3 is 2.80 bits per heavy atom. The van der Waals surface area contributed by atoms with Gasteiger partial charge in [-0.1, -0.05) is 13.8 Å². The van der Waals surface area contributed by atoms with Gasteiger partial charge in [-0.3, -0.25) is 4.57 Å². The Morgan fingerprint density at radius 2 is 2.15 bits per heavy atom. The second-order valence-electron chi connectivity index (χ2n) is 4.51. The van der Waals surface area contributed by atoms with Gasteiger partial charge in [0.1, 0.15) is 30.5 Å². The van der Waals surface area contributed by atoms with Gasteiger partial charge in [-0.25, -0.2) is 15.0 Å². The van der Waals surface area contributed by atoms with Crippen molar-refractivity contribution in [3.63, 3.8) is 0 Å². The smallest absolute Gasteiger partial charge is 0.165 e. The number of rotatable bonds is 2. The lowest BCUT2D eigenvalue weighted by Gasteiger charge is -2.25. The van der Waals surface area contributed by atoms with Gasteiger partial charge in [-0.15, -0.1) is 0 Å². The summed E-state index contributed by atoms with van der Waals surface area (Å²) in [7, 11) is 0. The molecule has 1 aliphatic heterocycles. The van der Waals surface area contributed by atoms with Crippen LogP contribution >= 0.6 is 0 Å². The van der Waals surface area contributed by atoms with Gasteiger partial charge in [0.2, 0.25) is 0 Å². The number of aliphatic hydroxyl groups is 1. The molecule has 6 nitrogen and oxygen atoms in total. The van der Waals surface area contributed by atoms with Crippen LogP contribution in [-0.2, 0) is 11.3 Å². The Morgan fingerprint density at radius 1 is 1.35 bits per heavy atom. The predicted octanol–water partition coefficient (Wildman–Crippen LogP) is 2.35. The topological polar surface area (TPSA) is 73.1 Å². The fourth-order valence-corrected chi connectivity index (χ4v) is 2.41. The van der Waals surface area contributed by atoms with Crippen molar-refractivity contribution in [2.24, 2.45) is 0 Å². The van der Waals surface area contributed by atoms with Crippen LogP contribution in [0.5, 0.6) is 0 Å². The number of aliphatic hydroxyl groups excluding tert-OH is 1. The molecule has 1 saturated heterocycles. The summed E-state index contributed by atoms with van der Waals surface area (Å²) < 4.78 is 7.67. The average molecular weight is 278 g/mol. The molecule has 0 aliphatic carbocycles. The summed E-state index contributed by atoms with van der Waals surface area (Å²) in [6.45, 7) is 6.53. The molecule has 2 aromatic heterocycles. The number of aryl methyl sites for hydroxylation is 1. The largest absolute Gasteiger partial charge is 0.388 e. The SMILES string of the molecule is CC.Cc1ncnc2c1nc(CO)n2C1CCCCO1. The summed E-state index contributed by atoms with van der Waals surface area (Å²) in [6, 6.07) is 0. The van der Waals surface area contributed by atoms with Gasteiger partial charge in [0.25, 0.3) is 0 Å². The third-order valence-electron chi connectivity index (χ3n) is 3.32. The Bertz CT molecular complexity index is 562. The van der Waals surface area contributed by atoms with Crippen LogP contribution in [-0.4, -0.2) is 31.2 Å². The van der Waals surface area contributed by atoms with Crippen LogP contribution in [0.1, 0.15) is 50.9 Å². The van der Waals surface area contributed by atoms with E-state index in [0.29, 0.717) is 5.82 Å². The van der Waals surface area contributed by atoms with Crippen molar-refractivity contribution < 1.29 is 9.84 Å². The first kappa shape index (κ1) is 14.9. The molecule has 1 atom stereocenters. The highest BCUT2D eigenvalue weighted by Gasteiger charge is 2.23. The molecule has 1 fully saturated rings. The van der Waals surface area contributed by atoms with Gasteiger partial charge >= 0.3 is 0 Å². The van der Waals surface area contributed by atoms with E-state index < -0.39 is 0 Å². The molecule has 110 valence electrons. The lowest BCUT2D eigenvalue weighted by Crippen LogP contribution is -2.20. The quantitative estimate of drug-likeness (QED) is 0.912. The zero-order valence-electron chi connectivity index (χ0n) is 12.3. The highest BCUT2D eigenvalue weighted by molar-refractivity contribution is 5.73. The molecule has 0 bridgehead atoms. The van der Waals surface area contributed by atoms with Crippen LogP contribution in [0.4, 0.5) is 0 Å². The highest BCUT2D eigenvalue weighted by atomic mass is 16.5. The summed E-state index contributed by atoms with van der Waals surface area (Å²) in [5, 5.41) is 9.45. The van der Waals surface area contributed by atoms with Crippen molar-refractivity contribution in [3.8, 4) is 0 Å². The second-order valence-corrected chi connectivity index (χ2v) is 4.51. The normalized spacial score (nSPS) is 18.7. The fraction of sp³-hybridized carbons (Fsp3) is 0.643. The number of aromatic nitrogens is 4. The summed E-state index contributed by atoms with van der Waals surface area (Å²) in [5.74, 6) is 0.598. The maximum atomic E-state index is 9.45. The van der Waals surface area contributed by atoms with Gasteiger partial charge < -0.3 is 9.84 Å². The summed E-state index contributed by atoms with van der Waals surface area (Å²) in [6.07, 6.45) is 4.60. The van der Waals surface area contributed by atoms with Gasteiger partial charge in [0.15, 0.2) is 5.65 Å². The minimum atomic E-state index is -0.115. The molecule has 1 aliphatic rings. The third kappa shape index (κ3) is 2.66. The van der Waals surface area contributed by atoms with Crippen LogP contribution in [0.15, 0.2) is 6.33 Å². The van der Waals surface area contributed by atoms with E-state index in [1.807, 2.05) is 25.3 Å². The molecule has 0 aromatic carbocycles. The lowest BCUT2D eigenvalue weighted by molar-refractivity contribution is -0.0329. The number of nitrogens with zero attached hydrogens (tertiary/aromatic N) is 4. The molecule has 1 N–H and O–H groups in total. The molecule has 3 heterocycles. The first-order chi connectivity index (χ1) is 9.81. The zero-order valence-corrected chi connectivity index (χ0v) is 12.3. The van der Waals surface area contributed by atoms with Gasteiger partial charge in [0, 0.05) is 6.61 Å². The van der Waals surface area contributed by atoms with Crippen LogP contribution in [0, 0.1) is 6.92 Å². The van der Waals surface area contributed by atoms with Gasteiger partial charge in [0.05, 0.1) is 5.69 Å². The Balaban J connectivity index is 0.000000704. The van der Waals surface area contributed by atoms with Crippen molar-refractivity contribution in [3.05, 3.63) is 17.8 Å². The molecule has 0 radical (unpaired) electrons. The first-order valence-corrected chi connectivity index (χ1v) is 7.22. The van der Waals surface area contributed by atoms with E-state index in [9.17, 15) is 5.11 Å².